The van der Waals surface area contributed by atoms with Gasteiger partial charge < -0.3 is 34.7 Å². The van der Waals surface area contributed by atoms with Crippen molar-refractivity contribution in [3.63, 3.8) is 0 Å². The lowest BCUT2D eigenvalue weighted by atomic mass is 10.2. The van der Waals surface area contributed by atoms with Crippen LogP contribution in [0.3, 0.4) is 0 Å². The van der Waals surface area contributed by atoms with E-state index in [1.807, 2.05) is 6.92 Å². The Bertz CT molecular complexity index is 1070. The minimum absolute atomic E-state index is 0.0478. The number of allylic oxidation sites excluding steroid dienone is 2. The predicted octanol–water partition coefficient (Wildman–Crippen LogP) is 2.63. The third-order valence-electron chi connectivity index (χ3n) is 4.59. The summed E-state index contributed by atoms with van der Waals surface area (Å²) in [6.45, 7) is 2.25. The van der Waals surface area contributed by atoms with Gasteiger partial charge in [-0.2, -0.15) is 4.99 Å². The first-order valence-corrected chi connectivity index (χ1v) is 10.8. The Hall–Kier alpha value is -4.05. The summed E-state index contributed by atoms with van der Waals surface area (Å²) in [6.07, 6.45) is 8.04. The normalized spacial score (nSPS) is 14.8. The molecule has 3 N–H and O–H groups in total. The SMILES string of the molecule is CN/C=C\C(N)=NC(=O)C1=CCC(OC(C)COC)=CC(Oc2ccc(C(=O)OC)c(OC)c2)=C1. The van der Waals surface area contributed by atoms with Crippen LogP contribution in [0.2, 0.25) is 0 Å². The monoisotopic (exact) mass is 485 g/mol. The van der Waals surface area contributed by atoms with Gasteiger partial charge in [-0.25, -0.2) is 4.79 Å². The highest BCUT2D eigenvalue weighted by Crippen LogP contribution is 2.28. The number of hydrogen-bond acceptors (Lipinski definition) is 8. The van der Waals surface area contributed by atoms with Crippen LogP contribution in [0.4, 0.5) is 0 Å². The van der Waals surface area contributed by atoms with Gasteiger partial charge in [0.05, 0.1) is 20.8 Å². The minimum Gasteiger partial charge on any atom is -0.496 e. The van der Waals surface area contributed by atoms with E-state index in [9.17, 15) is 9.59 Å². The number of hydrogen-bond donors (Lipinski definition) is 2. The van der Waals surface area contributed by atoms with Gasteiger partial charge in [0.1, 0.15) is 40.5 Å². The van der Waals surface area contributed by atoms with E-state index in [1.165, 1.54) is 26.4 Å². The van der Waals surface area contributed by atoms with Gasteiger partial charge in [-0.15, -0.1) is 0 Å². The zero-order valence-electron chi connectivity index (χ0n) is 20.5. The lowest BCUT2D eigenvalue weighted by Gasteiger charge is -2.16. The molecule has 0 saturated heterocycles. The van der Waals surface area contributed by atoms with Crippen molar-refractivity contribution in [3.8, 4) is 11.5 Å². The maximum atomic E-state index is 12.8. The zero-order chi connectivity index (χ0) is 25.8. The molecule has 0 aliphatic heterocycles. The van der Waals surface area contributed by atoms with Gasteiger partial charge in [0, 0.05) is 38.3 Å². The molecular formula is C25H31N3O7. The molecule has 0 saturated carbocycles. The topological polar surface area (TPSA) is 131 Å². The molecular weight excluding hydrogens is 454 g/mol. The maximum absolute atomic E-state index is 12.8. The Morgan fingerprint density at radius 3 is 2.66 bits per heavy atom. The Kier molecular flexibility index (Phi) is 10.6. The Balaban J connectivity index is 2.40. The summed E-state index contributed by atoms with van der Waals surface area (Å²) in [5.41, 5.74) is 6.31. The molecule has 1 amide bonds. The first-order chi connectivity index (χ1) is 16.8. The van der Waals surface area contributed by atoms with Crippen molar-refractivity contribution in [3.05, 3.63) is 71.4 Å². The highest BCUT2D eigenvalue weighted by atomic mass is 16.5. The van der Waals surface area contributed by atoms with Crippen LogP contribution >= 0.6 is 0 Å². The van der Waals surface area contributed by atoms with Crippen LogP contribution in [-0.4, -0.2) is 58.8 Å². The lowest BCUT2D eigenvalue weighted by molar-refractivity contribution is -0.114. The number of benzene rings is 1. The average molecular weight is 486 g/mol. The molecule has 1 aromatic rings. The summed E-state index contributed by atoms with van der Waals surface area (Å²) in [5, 5.41) is 2.78. The fourth-order valence-corrected chi connectivity index (χ4v) is 3.04. The zero-order valence-corrected chi connectivity index (χ0v) is 20.5. The number of nitrogens with zero attached hydrogens (tertiary/aromatic N) is 1. The lowest BCUT2D eigenvalue weighted by Crippen LogP contribution is -2.14. The Morgan fingerprint density at radius 2 is 2.00 bits per heavy atom. The van der Waals surface area contributed by atoms with E-state index in [-0.39, 0.29) is 28.8 Å². The van der Waals surface area contributed by atoms with E-state index in [1.54, 1.807) is 50.7 Å². The first-order valence-electron chi connectivity index (χ1n) is 10.8. The van der Waals surface area contributed by atoms with E-state index in [0.717, 1.165) is 0 Å². The molecule has 0 aromatic heterocycles. The first kappa shape index (κ1) is 27.2. The third-order valence-corrected chi connectivity index (χ3v) is 4.59. The number of rotatable bonds is 11. The van der Waals surface area contributed by atoms with Crippen LogP contribution < -0.4 is 20.5 Å². The quantitative estimate of drug-likeness (QED) is 0.276. The van der Waals surface area contributed by atoms with Crippen molar-refractivity contribution in [1.29, 1.82) is 0 Å². The molecule has 10 heteroatoms. The standard InChI is InChI=1S/C25H31N3O7/c1-16(15-31-3)34-18-7-6-17(24(29)28-23(26)10-11-27-2)12-20(13-18)35-19-8-9-21(25(30)33-5)22(14-19)32-4/h6,8-14,16,27H,7,15H2,1-5H3,(H2,26,28,29)/b11-10-. The second-order valence-corrected chi connectivity index (χ2v) is 7.32. The number of aliphatic imine (C=N–C) groups is 1. The van der Waals surface area contributed by atoms with E-state index < -0.39 is 11.9 Å². The van der Waals surface area contributed by atoms with Crippen molar-refractivity contribution in [2.45, 2.75) is 19.4 Å². The molecule has 1 aromatic carbocycles. The second-order valence-electron chi connectivity index (χ2n) is 7.32. The summed E-state index contributed by atoms with van der Waals surface area (Å²) >= 11 is 0. The molecule has 0 spiro atoms. The van der Waals surface area contributed by atoms with Crippen LogP contribution in [-0.2, 0) is 19.0 Å². The average Bonchev–Trinajstić information content (AvgIpc) is 3.04. The number of carbonyl (C=O) groups is 2. The molecule has 0 heterocycles. The summed E-state index contributed by atoms with van der Waals surface area (Å²) in [7, 11) is 6.01. The highest BCUT2D eigenvalue weighted by molar-refractivity contribution is 6.07. The molecule has 10 nitrogen and oxygen atoms in total. The molecule has 0 bridgehead atoms. The number of esters is 1. The van der Waals surface area contributed by atoms with Gasteiger partial charge in [-0.3, -0.25) is 4.79 Å². The highest BCUT2D eigenvalue weighted by Gasteiger charge is 2.18. The van der Waals surface area contributed by atoms with Gasteiger partial charge in [0.2, 0.25) is 0 Å². The number of carbonyl (C=O) groups excluding carboxylic acids is 2. The number of methoxy groups -OCH3 is 3. The molecule has 1 unspecified atom stereocenters. The number of amides is 1. The number of ether oxygens (including phenoxy) is 5. The third kappa shape index (κ3) is 8.35. The van der Waals surface area contributed by atoms with Crippen molar-refractivity contribution >= 4 is 17.7 Å². The minimum atomic E-state index is -0.539. The van der Waals surface area contributed by atoms with Gasteiger partial charge in [-0.05, 0) is 37.4 Å². The molecule has 35 heavy (non-hydrogen) atoms. The molecule has 1 aliphatic carbocycles. The van der Waals surface area contributed by atoms with Crippen LogP contribution in [0, 0.1) is 0 Å². The largest absolute Gasteiger partial charge is 0.496 e. The van der Waals surface area contributed by atoms with Crippen LogP contribution in [0.15, 0.2) is 70.8 Å². The van der Waals surface area contributed by atoms with Crippen molar-refractivity contribution in [1.82, 2.24) is 5.32 Å². The molecule has 1 aliphatic rings. The number of nitrogens with two attached hydrogens (primary N) is 1. The van der Waals surface area contributed by atoms with Crippen LogP contribution in [0.25, 0.3) is 0 Å². The molecule has 1 atom stereocenters. The summed E-state index contributed by atoms with van der Waals surface area (Å²) in [4.78, 5) is 28.6. The van der Waals surface area contributed by atoms with Gasteiger partial charge in [0.15, 0.2) is 0 Å². The molecule has 188 valence electrons. The Labute approximate surface area is 204 Å². The fraction of sp³-hybridized carbons (Fsp3) is 0.320. The van der Waals surface area contributed by atoms with Crippen LogP contribution in [0.5, 0.6) is 11.5 Å². The van der Waals surface area contributed by atoms with E-state index >= 15 is 0 Å². The van der Waals surface area contributed by atoms with E-state index in [4.69, 9.17) is 29.4 Å². The van der Waals surface area contributed by atoms with Gasteiger partial charge in [0.25, 0.3) is 5.91 Å². The van der Waals surface area contributed by atoms with E-state index in [0.29, 0.717) is 30.3 Å². The number of nitrogens with one attached hydrogen (secondary N) is 1. The fourth-order valence-electron chi connectivity index (χ4n) is 3.04. The Morgan fingerprint density at radius 1 is 1.23 bits per heavy atom. The maximum Gasteiger partial charge on any atom is 0.341 e. The van der Waals surface area contributed by atoms with E-state index in [2.05, 4.69) is 10.3 Å². The molecule has 0 fully saturated rings. The van der Waals surface area contributed by atoms with Gasteiger partial charge >= 0.3 is 5.97 Å². The van der Waals surface area contributed by atoms with Crippen molar-refractivity contribution in [2.75, 3.05) is 35.0 Å². The molecule has 0 radical (unpaired) electrons. The number of amidine groups is 1. The summed E-state index contributed by atoms with van der Waals surface area (Å²) in [5.74, 6) is 0.494. The summed E-state index contributed by atoms with van der Waals surface area (Å²) in [6, 6.07) is 4.66. The summed E-state index contributed by atoms with van der Waals surface area (Å²) < 4.78 is 27.2. The smallest absolute Gasteiger partial charge is 0.341 e. The van der Waals surface area contributed by atoms with Crippen molar-refractivity contribution in [2.24, 2.45) is 10.7 Å². The molecule has 2 rings (SSSR count). The predicted molar refractivity (Wildman–Crippen MR) is 131 cm³/mol. The second kappa shape index (κ2) is 13.6. The van der Waals surface area contributed by atoms with Gasteiger partial charge in [-0.1, -0.05) is 6.08 Å². The van der Waals surface area contributed by atoms with Crippen molar-refractivity contribution < 1.29 is 33.3 Å². The van der Waals surface area contributed by atoms with Crippen LogP contribution in [0.1, 0.15) is 23.7 Å².